The van der Waals surface area contributed by atoms with Gasteiger partial charge in [-0.05, 0) is 52.4 Å². The highest BCUT2D eigenvalue weighted by molar-refractivity contribution is 5.93. The first-order valence-corrected chi connectivity index (χ1v) is 8.98. The largest absolute Gasteiger partial charge is 0.389 e. The molecular weight excluding hydrogens is 310 g/mol. The number of hydrogen-bond donors (Lipinski definition) is 1. The van der Waals surface area contributed by atoms with Gasteiger partial charge in [-0.3, -0.25) is 4.79 Å². The first-order valence-electron chi connectivity index (χ1n) is 8.98. The van der Waals surface area contributed by atoms with E-state index in [1.165, 1.54) is 32.4 Å². The molecule has 1 fully saturated rings. The SMILES string of the molecule is CC(=O)c1ccccc1.CC(O)c1ccccc1.CN1CCCCC1. The second-order valence-electron chi connectivity index (χ2n) is 6.37. The predicted molar refractivity (Wildman–Crippen MR) is 105 cm³/mol. The molecule has 3 nitrogen and oxygen atoms in total. The summed E-state index contributed by atoms with van der Waals surface area (Å²) in [6.07, 6.45) is 3.93. The topological polar surface area (TPSA) is 40.5 Å². The number of hydrogen-bond acceptors (Lipinski definition) is 3. The van der Waals surface area contributed by atoms with Gasteiger partial charge in [0.2, 0.25) is 0 Å². The highest BCUT2D eigenvalue weighted by Gasteiger charge is 2.02. The standard InChI is InChI=1S/C8H10O.C8H8O.C6H13N/c2*1-7(9)8-5-3-2-4-6-8;1-7-5-3-2-4-6-7/h2-7,9H,1H3;2-6H,1H3;2-6H2,1H3. The molecule has 136 valence electrons. The molecule has 3 heteroatoms. The Hall–Kier alpha value is -1.97. The van der Waals surface area contributed by atoms with Gasteiger partial charge < -0.3 is 10.0 Å². The van der Waals surface area contributed by atoms with E-state index in [0.717, 1.165) is 11.1 Å². The summed E-state index contributed by atoms with van der Waals surface area (Å²) in [5.74, 6) is 0.121. The Morgan fingerprint density at radius 2 is 1.40 bits per heavy atom. The molecule has 0 spiro atoms. The molecule has 1 aliphatic heterocycles. The summed E-state index contributed by atoms with van der Waals surface area (Å²) < 4.78 is 0. The van der Waals surface area contributed by atoms with Crippen molar-refractivity contribution in [1.29, 1.82) is 0 Å². The number of rotatable bonds is 2. The average Bonchev–Trinajstić information content (AvgIpc) is 2.65. The van der Waals surface area contributed by atoms with Crippen LogP contribution in [0.4, 0.5) is 0 Å². The Bertz CT molecular complexity index is 575. The van der Waals surface area contributed by atoms with E-state index in [-0.39, 0.29) is 11.9 Å². The van der Waals surface area contributed by atoms with Gasteiger partial charge in [-0.25, -0.2) is 0 Å². The summed E-state index contributed by atoms with van der Waals surface area (Å²) in [6, 6.07) is 18.8. The number of nitrogens with zero attached hydrogens (tertiary/aromatic N) is 1. The third-order valence-corrected chi connectivity index (χ3v) is 4.04. The van der Waals surface area contributed by atoms with Crippen LogP contribution in [0.5, 0.6) is 0 Å². The van der Waals surface area contributed by atoms with Gasteiger partial charge >= 0.3 is 0 Å². The predicted octanol–water partition coefficient (Wildman–Crippen LogP) is 4.73. The van der Waals surface area contributed by atoms with Gasteiger partial charge in [0.25, 0.3) is 0 Å². The van der Waals surface area contributed by atoms with Crippen molar-refractivity contribution >= 4 is 5.78 Å². The monoisotopic (exact) mass is 341 g/mol. The summed E-state index contributed by atoms with van der Waals surface area (Å²) in [7, 11) is 2.19. The van der Waals surface area contributed by atoms with Gasteiger partial charge in [-0.2, -0.15) is 0 Å². The smallest absolute Gasteiger partial charge is 0.159 e. The quantitative estimate of drug-likeness (QED) is 0.803. The van der Waals surface area contributed by atoms with Crippen molar-refractivity contribution in [2.75, 3.05) is 20.1 Å². The second kappa shape index (κ2) is 12.4. The van der Waals surface area contributed by atoms with Crippen molar-refractivity contribution in [1.82, 2.24) is 4.90 Å². The molecule has 1 aliphatic rings. The fourth-order valence-corrected chi connectivity index (χ4v) is 2.46. The van der Waals surface area contributed by atoms with Crippen molar-refractivity contribution in [3.05, 3.63) is 71.8 Å². The van der Waals surface area contributed by atoms with Crippen LogP contribution in [0.2, 0.25) is 0 Å². The van der Waals surface area contributed by atoms with Gasteiger partial charge in [0, 0.05) is 5.56 Å². The summed E-state index contributed by atoms with van der Waals surface area (Å²) in [4.78, 5) is 13.0. The molecule has 0 radical (unpaired) electrons. The maximum atomic E-state index is 10.6. The lowest BCUT2D eigenvalue weighted by Crippen LogP contribution is -2.24. The summed E-state index contributed by atoms with van der Waals surface area (Å²) in [6.45, 7) is 5.96. The molecule has 3 rings (SSSR count). The molecule has 1 unspecified atom stereocenters. The van der Waals surface area contributed by atoms with Crippen LogP contribution in [0.3, 0.4) is 0 Å². The van der Waals surface area contributed by atoms with Crippen LogP contribution in [-0.2, 0) is 0 Å². The Kier molecular flexibility index (Phi) is 10.5. The lowest BCUT2D eigenvalue weighted by Gasteiger charge is -2.20. The Morgan fingerprint density at radius 3 is 1.68 bits per heavy atom. The van der Waals surface area contributed by atoms with Gasteiger partial charge in [-0.1, -0.05) is 67.1 Å². The minimum absolute atomic E-state index is 0.121. The molecule has 1 atom stereocenters. The third kappa shape index (κ3) is 9.80. The van der Waals surface area contributed by atoms with Crippen molar-refractivity contribution in [2.45, 2.75) is 39.2 Å². The molecule has 0 saturated carbocycles. The Labute approximate surface area is 152 Å². The Morgan fingerprint density at radius 1 is 0.920 bits per heavy atom. The molecule has 0 amide bonds. The van der Waals surface area contributed by atoms with Crippen molar-refractivity contribution in [3.63, 3.8) is 0 Å². The van der Waals surface area contributed by atoms with Crippen LogP contribution in [0.1, 0.15) is 55.1 Å². The lowest BCUT2D eigenvalue weighted by molar-refractivity contribution is 0.101. The number of benzene rings is 2. The highest BCUT2D eigenvalue weighted by Crippen LogP contribution is 2.09. The first-order chi connectivity index (χ1) is 12.0. The van der Waals surface area contributed by atoms with E-state index in [4.69, 9.17) is 5.11 Å². The molecule has 0 aliphatic carbocycles. The number of ketones is 1. The maximum Gasteiger partial charge on any atom is 0.159 e. The fraction of sp³-hybridized carbons (Fsp3) is 0.409. The number of carbonyl (C=O) groups excluding carboxylic acids is 1. The first kappa shape index (κ1) is 21.1. The molecule has 1 heterocycles. The van der Waals surface area contributed by atoms with Crippen LogP contribution < -0.4 is 0 Å². The molecule has 2 aromatic rings. The summed E-state index contributed by atoms with van der Waals surface area (Å²) in [5, 5.41) is 9.02. The summed E-state index contributed by atoms with van der Waals surface area (Å²) >= 11 is 0. The normalized spacial score (nSPS) is 15.0. The van der Waals surface area contributed by atoms with Crippen molar-refractivity contribution in [2.24, 2.45) is 0 Å². The Balaban J connectivity index is 0.000000189. The zero-order chi connectivity index (χ0) is 18.5. The molecular formula is C22H31NO2. The summed E-state index contributed by atoms with van der Waals surface area (Å²) in [5.41, 5.74) is 1.75. The number of piperidine rings is 1. The third-order valence-electron chi connectivity index (χ3n) is 4.04. The number of carbonyl (C=O) groups is 1. The minimum Gasteiger partial charge on any atom is -0.389 e. The number of aliphatic hydroxyl groups is 1. The van der Waals surface area contributed by atoms with Gasteiger partial charge in [-0.15, -0.1) is 0 Å². The maximum absolute atomic E-state index is 10.6. The van der Waals surface area contributed by atoms with Crippen LogP contribution in [0.25, 0.3) is 0 Å². The fourth-order valence-electron chi connectivity index (χ4n) is 2.46. The zero-order valence-corrected chi connectivity index (χ0v) is 15.7. The van der Waals surface area contributed by atoms with Crippen molar-refractivity contribution in [3.8, 4) is 0 Å². The number of aliphatic hydroxyl groups excluding tert-OH is 1. The van der Waals surface area contributed by atoms with Crippen LogP contribution in [0, 0.1) is 0 Å². The lowest BCUT2D eigenvalue weighted by atomic mass is 10.1. The van der Waals surface area contributed by atoms with Crippen LogP contribution in [-0.4, -0.2) is 35.9 Å². The molecule has 0 bridgehead atoms. The molecule has 1 saturated heterocycles. The van der Waals surface area contributed by atoms with Crippen LogP contribution in [0.15, 0.2) is 60.7 Å². The second-order valence-corrected chi connectivity index (χ2v) is 6.37. The van der Waals surface area contributed by atoms with Gasteiger partial charge in [0.1, 0.15) is 0 Å². The molecule has 2 aromatic carbocycles. The van der Waals surface area contributed by atoms with E-state index < -0.39 is 0 Å². The number of likely N-dealkylation sites (tertiary alicyclic amines) is 1. The average molecular weight is 341 g/mol. The van der Waals surface area contributed by atoms with E-state index in [1.807, 2.05) is 60.7 Å². The van der Waals surface area contributed by atoms with Crippen molar-refractivity contribution < 1.29 is 9.90 Å². The van der Waals surface area contributed by atoms with E-state index >= 15 is 0 Å². The van der Waals surface area contributed by atoms with Gasteiger partial charge in [0.05, 0.1) is 6.10 Å². The van der Waals surface area contributed by atoms with E-state index in [2.05, 4.69) is 11.9 Å². The van der Waals surface area contributed by atoms with E-state index in [0.29, 0.717) is 0 Å². The molecule has 1 N–H and O–H groups in total. The van der Waals surface area contributed by atoms with E-state index in [1.54, 1.807) is 13.8 Å². The number of Topliss-reactive ketones (excluding diaryl/α,β-unsaturated/α-hetero) is 1. The van der Waals surface area contributed by atoms with Crippen LogP contribution >= 0.6 is 0 Å². The molecule has 25 heavy (non-hydrogen) atoms. The van der Waals surface area contributed by atoms with E-state index in [9.17, 15) is 4.79 Å². The highest BCUT2D eigenvalue weighted by atomic mass is 16.3. The van der Waals surface area contributed by atoms with Gasteiger partial charge in [0.15, 0.2) is 5.78 Å². The minimum atomic E-state index is -0.341. The zero-order valence-electron chi connectivity index (χ0n) is 15.7. The molecule has 0 aromatic heterocycles.